The highest BCUT2D eigenvalue weighted by atomic mass is 16.1. The number of ketones is 1. The van der Waals surface area contributed by atoms with Gasteiger partial charge in [0.15, 0.2) is 0 Å². The second-order valence-electron chi connectivity index (χ2n) is 3.34. The second kappa shape index (κ2) is 6.38. The molecule has 0 aliphatic heterocycles. The molecule has 1 nitrogen and oxygen atoms in total. The van der Waals surface area contributed by atoms with Crippen molar-refractivity contribution >= 4 is 5.78 Å². The molecule has 0 fully saturated rings. The van der Waals surface area contributed by atoms with Crippen LogP contribution in [0.4, 0.5) is 0 Å². The van der Waals surface area contributed by atoms with Crippen molar-refractivity contribution in [3.63, 3.8) is 0 Å². The van der Waals surface area contributed by atoms with Gasteiger partial charge in [-0.15, -0.1) is 0 Å². The zero-order valence-electron chi connectivity index (χ0n) is 8.02. The Morgan fingerprint density at radius 2 is 1.91 bits per heavy atom. The monoisotopic (exact) mass is 156 g/mol. The van der Waals surface area contributed by atoms with Gasteiger partial charge in [0.25, 0.3) is 0 Å². The van der Waals surface area contributed by atoms with Crippen LogP contribution in [0.15, 0.2) is 0 Å². The molecule has 1 atom stereocenters. The average Bonchev–Trinajstić information content (AvgIpc) is 2.01. The Hall–Kier alpha value is -0.330. The van der Waals surface area contributed by atoms with E-state index in [1.54, 1.807) is 0 Å². The van der Waals surface area contributed by atoms with Crippen LogP contribution in [0.3, 0.4) is 0 Å². The largest absolute Gasteiger partial charge is 0.300 e. The van der Waals surface area contributed by atoms with Gasteiger partial charge in [-0.3, -0.25) is 4.79 Å². The van der Waals surface area contributed by atoms with Crippen molar-refractivity contribution in [3.05, 3.63) is 0 Å². The zero-order valence-corrected chi connectivity index (χ0v) is 8.02. The summed E-state index contributed by atoms with van der Waals surface area (Å²) >= 11 is 0. The highest BCUT2D eigenvalue weighted by Crippen LogP contribution is 2.10. The van der Waals surface area contributed by atoms with Crippen molar-refractivity contribution in [2.24, 2.45) is 5.92 Å². The third kappa shape index (κ3) is 6.08. The molecule has 0 unspecified atom stereocenters. The molecule has 1 heteroatoms. The van der Waals surface area contributed by atoms with Crippen LogP contribution in [0.25, 0.3) is 0 Å². The maximum Gasteiger partial charge on any atom is 0.132 e. The lowest BCUT2D eigenvalue weighted by Crippen LogP contribution is -2.00. The minimum atomic E-state index is 0.438. The fourth-order valence-electron chi connectivity index (χ4n) is 1.02. The van der Waals surface area contributed by atoms with Gasteiger partial charge in [0, 0.05) is 12.8 Å². The smallest absolute Gasteiger partial charge is 0.132 e. The highest BCUT2D eigenvalue weighted by molar-refractivity contribution is 5.78. The van der Waals surface area contributed by atoms with Crippen LogP contribution in [0.5, 0.6) is 0 Å². The Morgan fingerprint density at radius 3 is 2.36 bits per heavy atom. The Labute approximate surface area is 70.2 Å². The molecule has 0 aliphatic rings. The third-order valence-electron chi connectivity index (χ3n) is 2.14. The van der Waals surface area contributed by atoms with Gasteiger partial charge in [0.1, 0.15) is 5.78 Å². The fourth-order valence-corrected chi connectivity index (χ4v) is 1.02. The minimum Gasteiger partial charge on any atom is -0.300 e. The van der Waals surface area contributed by atoms with Crippen molar-refractivity contribution in [2.75, 3.05) is 0 Å². The van der Waals surface area contributed by atoms with Gasteiger partial charge in [0.05, 0.1) is 0 Å². The average molecular weight is 156 g/mol. The predicted molar refractivity (Wildman–Crippen MR) is 48.6 cm³/mol. The van der Waals surface area contributed by atoms with E-state index in [9.17, 15) is 4.79 Å². The molecule has 0 aliphatic carbocycles. The predicted octanol–water partition coefficient (Wildman–Crippen LogP) is 3.18. The molecule has 0 bridgehead atoms. The Morgan fingerprint density at radius 1 is 1.27 bits per heavy atom. The normalized spacial score (nSPS) is 13.0. The lowest BCUT2D eigenvalue weighted by atomic mass is 10.00. The summed E-state index contributed by atoms with van der Waals surface area (Å²) in [6.07, 6.45) is 4.84. The summed E-state index contributed by atoms with van der Waals surface area (Å²) in [6.45, 7) is 6.44. The topological polar surface area (TPSA) is 17.1 Å². The van der Waals surface area contributed by atoms with Crippen molar-refractivity contribution in [2.45, 2.75) is 52.9 Å². The molecule has 0 aromatic carbocycles. The molecule has 0 spiro atoms. The van der Waals surface area contributed by atoms with Gasteiger partial charge in [-0.05, 0) is 18.8 Å². The van der Waals surface area contributed by atoms with Crippen molar-refractivity contribution in [1.82, 2.24) is 0 Å². The van der Waals surface area contributed by atoms with E-state index < -0.39 is 0 Å². The van der Waals surface area contributed by atoms with Crippen LogP contribution in [-0.4, -0.2) is 5.78 Å². The van der Waals surface area contributed by atoms with E-state index in [1.165, 1.54) is 6.42 Å². The molecule has 0 aromatic heterocycles. The van der Waals surface area contributed by atoms with Gasteiger partial charge in [0.2, 0.25) is 0 Å². The SMILES string of the molecule is CCCC(=O)CC[C@@H](C)CC. The van der Waals surface area contributed by atoms with Crippen LogP contribution in [-0.2, 0) is 4.79 Å². The quantitative estimate of drug-likeness (QED) is 0.577. The van der Waals surface area contributed by atoms with Crippen LogP contribution in [0.2, 0.25) is 0 Å². The van der Waals surface area contributed by atoms with E-state index in [2.05, 4.69) is 20.8 Å². The summed E-state index contributed by atoms with van der Waals surface area (Å²) in [7, 11) is 0. The molecule has 0 saturated carbocycles. The van der Waals surface area contributed by atoms with Gasteiger partial charge in [-0.1, -0.05) is 27.2 Å². The molecular formula is C10H20O. The van der Waals surface area contributed by atoms with E-state index in [4.69, 9.17) is 0 Å². The molecule has 11 heavy (non-hydrogen) atoms. The first kappa shape index (κ1) is 10.7. The number of Topliss-reactive ketones (excluding diaryl/α,β-unsaturated/α-hetero) is 1. The number of hydrogen-bond donors (Lipinski definition) is 0. The van der Waals surface area contributed by atoms with E-state index in [-0.39, 0.29) is 0 Å². The first-order valence-electron chi connectivity index (χ1n) is 4.72. The lowest BCUT2D eigenvalue weighted by Gasteiger charge is -2.05. The fraction of sp³-hybridized carbons (Fsp3) is 0.900. The Bertz CT molecular complexity index is 107. The Kier molecular flexibility index (Phi) is 6.19. The van der Waals surface area contributed by atoms with E-state index in [0.29, 0.717) is 5.78 Å². The molecule has 0 heterocycles. The van der Waals surface area contributed by atoms with Gasteiger partial charge >= 0.3 is 0 Å². The zero-order chi connectivity index (χ0) is 8.69. The molecular weight excluding hydrogens is 136 g/mol. The summed E-state index contributed by atoms with van der Waals surface area (Å²) in [5.74, 6) is 1.16. The molecule has 0 amide bonds. The second-order valence-corrected chi connectivity index (χ2v) is 3.34. The van der Waals surface area contributed by atoms with Gasteiger partial charge in [-0.25, -0.2) is 0 Å². The number of hydrogen-bond acceptors (Lipinski definition) is 1. The molecule has 66 valence electrons. The minimum absolute atomic E-state index is 0.438. The number of rotatable bonds is 6. The molecule has 0 rings (SSSR count). The van der Waals surface area contributed by atoms with Crippen LogP contribution in [0.1, 0.15) is 52.9 Å². The standard InChI is InChI=1S/C10H20O/c1-4-6-10(11)8-7-9(3)5-2/h9H,4-8H2,1-3H3/t9-/m0/s1. The van der Waals surface area contributed by atoms with Crippen LogP contribution >= 0.6 is 0 Å². The molecule has 0 saturated heterocycles. The van der Waals surface area contributed by atoms with Crippen LogP contribution < -0.4 is 0 Å². The van der Waals surface area contributed by atoms with Gasteiger partial charge in [-0.2, -0.15) is 0 Å². The van der Waals surface area contributed by atoms with Gasteiger partial charge < -0.3 is 0 Å². The summed E-state index contributed by atoms with van der Waals surface area (Å²) < 4.78 is 0. The number of carbonyl (C=O) groups is 1. The van der Waals surface area contributed by atoms with E-state index in [0.717, 1.165) is 31.6 Å². The maximum absolute atomic E-state index is 11.1. The summed E-state index contributed by atoms with van der Waals surface area (Å²) in [5, 5.41) is 0. The molecule has 0 radical (unpaired) electrons. The van der Waals surface area contributed by atoms with Crippen LogP contribution in [0, 0.1) is 5.92 Å². The lowest BCUT2D eigenvalue weighted by molar-refractivity contribution is -0.119. The first-order chi connectivity index (χ1) is 5.20. The van der Waals surface area contributed by atoms with Crippen molar-refractivity contribution in [1.29, 1.82) is 0 Å². The summed E-state index contributed by atoms with van der Waals surface area (Å²) in [6, 6.07) is 0. The highest BCUT2D eigenvalue weighted by Gasteiger charge is 2.03. The van der Waals surface area contributed by atoms with E-state index in [1.807, 2.05) is 0 Å². The summed E-state index contributed by atoms with van der Waals surface area (Å²) in [4.78, 5) is 11.1. The molecule has 0 N–H and O–H groups in total. The maximum atomic E-state index is 11.1. The van der Waals surface area contributed by atoms with E-state index >= 15 is 0 Å². The van der Waals surface area contributed by atoms with Crippen molar-refractivity contribution in [3.8, 4) is 0 Å². The number of carbonyl (C=O) groups excluding carboxylic acids is 1. The first-order valence-corrected chi connectivity index (χ1v) is 4.72. The molecule has 0 aromatic rings. The third-order valence-corrected chi connectivity index (χ3v) is 2.14. The Balaban J connectivity index is 3.30. The summed E-state index contributed by atoms with van der Waals surface area (Å²) in [5.41, 5.74) is 0. The van der Waals surface area contributed by atoms with Crippen molar-refractivity contribution < 1.29 is 4.79 Å².